The van der Waals surface area contributed by atoms with Crippen LogP contribution >= 0.6 is 0 Å². The molecule has 1 rings (SSSR count). The first-order chi connectivity index (χ1) is 7.74. The van der Waals surface area contributed by atoms with E-state index in [9.17, 15) is 8.78 Å². The molecule has 0 aliphatic rings. The molecule has 86 valence electrons. The SMILES string of the molecule is C#CCCCNc1ccccc1OC(F)F. The number of terminal acetylenes is 1. The highest BCUT2D eigenvalue weighted by Crippen LogP contribution is 2.25. The minimum Gasteiger partial charge on any atom is -0.433 e. The smallest absolute Gasteiger partial charge is 0.387 e. The predicted octanol–water partition coefficient (Wildman–Crippen LogP) is 3.11. The van der Waals surface area contributed by atoms with Crippen molar-refractivity contribution in [3.05, 3.63) is 24.3 Å². The van der Waals surface area contributed by atoms with E-state index in [4.69, 9.17) is 6.42 Å². The van der Waals surface area contributed by atoms with E-state index in [2.05, 4.69) is 16.0 Å². The Kier molecular flexibility index (Phi) is 5.13. The van der Waals surface area contributed by atoms with Crippen LogP contribution in [-0.4, -0.2) is 13.2 Å². The molecule has 0 saturated carbocycles. The summed E-state index contributed by atoms with van der Waals surface area (Å²) in [6, 6.07) is 6.58. The Balaban J connectivity index is 2.54. The zero-order chi connectivity index (χ0) is 11.8. The van der Waals surface area contributed by atoms with Crippen LogP contribution in [0.1, 0.15) is 12.8 Å². The van der Waals surface area contributed by atoms with Crippen molar-refractivity contribution < 1.29 is 13.5 Å². The lowest BCUT2D eigenvalue weighted by atomic mass is 10.2. The summed E-state index contributed by atoms with van der Waals surface area (Å²) in [7, 11) is 0. The first-order valence-corrected chi connectivity index (χ1v) is 4.95. The van der Waals surface area contributed by atoms with Gasteiger partial charge in [0.1, 0.15) is 5.75 Å². The third kappa shape index (κ3) is 4.18. The lowest BCUT2D eigenvalue weighted by molar-refractivity contribution is -0.0493. The number of halogens is 2. The van der Waals surface area contributed by atoms with Gasteiger partial charge in [-0.25, -0.2) is 0 Å². The van der Waals surface area contributed by atoms with Gasteiger partial charge in [-0.15, -0.1) is 12.3 Å². The number of ether oxygens (including phenoxy) is 1. The summed E-state index contributed by atoms with van der Waals surface area (Å²) in [5.74, 6) is 2.66. The summed E-state index contributed by atoms with van der Waals surface area (Å²) >= 11 is 0. The third-order valence-corrected chi connectivity index (χ3v) is 1.92. The number of rotatable bonds is 6. The Morgan fingerprint density at radius 1 is 1.38 bits per heavy atom. The van der Waals surface area contributed by atoms with E-state index in [0.29, 0.717) is 18.7 Å². The average molecular weight is 225 g/mol. The summed E-state index contributed by atoms with van der Waals surface area (Å²) in [4.78, 5) is 0. The van der Waals surface area contributed by atoms with Gasteiger partial charge >= 0.3 is 6.61 Å². The second-order valence-electron chi connectivity index (χ2n) is 3.11. The fraction of sp³-hybridized carbons (Fsp3) is 0.333. The van der Waals surface area contributed by atoms with Crippen molar-refractivity contribution in [2.45, 2.75) is 19.5 Å². The Labute approximate surface area is 93.6 Å². The van der Waals surface area contributed by atoms with Gasteiger partial charge in [0.2, 0.25) is 0 Å². The summed E-state index contributed by atoms with van der Waals surface area (Å²) < 4.78 is 28.5. The van der Waals surface area contributed by atoms with Crippen LogP contribution in [0, 0.1) is 12.3 Å². The lowest BCUT2D eigenvalue weighted by Crippen LogP contribution is -2.07. The van der Waals surface area contributed by atoms with Crippen LogP contribution < -0.4 is 10.1 Å². The molecule has 1 N–H and O–H groups in total. The summed E-state index contributed by atoms with van der Waals surface area (Å²) in [5.41, 5.74) is 0.555. The number of alkyl halides is 2. The first-order valence-electron chi connectivity index (χ1n) is 4.95. The molecule has 0 aliphatic heterocycles. The number of anilines is 1. The number of nitrogens with one attached hydrogen (secondary N) is 1. The van der Waals surface area contributed by atoms with Crippen molar-refractivity contribution in [2.24, 2.45) is 0 Å². The summed E-state index contributed by atoms with van der Waals surface area (Å²) in [6.45, 7) is -2.18. The van der Waals surface area contributed by atoms with E-state index in [0.717, 1.165) is 6.42 Å². The van der Waals surface area contributed by atoms with Crippen LogP contribution in [0.2, 0.25) is 0 Å². The van der Waals surface area contributed by atoms with E-state index in [-0.39, 0.29) is 5.75 Å². The zero-order valence-corrected chi connectivity index (χ0v) is 8.75. The quantitative estimate of drug-likeness (QED) is 0.593. The highest BCUT2D eigenvalue weighted by atomic mass is 19.3. The monoisotopic (exact) mass is 225 g/mol. The fourth-order valence-corrected chi connectivity index (χ4v) is 1.22. The minimum atomic E-state index is -2.81. The van der Waals surface area contributed by atoms with Gasteiger partial charge < -0.3 is 10.1 Å². The Morgan fingerprint density at radius 2 is 2.12 bits per heavy atom. The average Bonchev–Trinajstić information content (AvgIpc) is 2.26. The fourth-order valence-electron chi connectivity index (χ4n) is 1.22. The predicted molar refractivity (Wildman–Crippen MR) is 59.6 cm³/mol. The molecule has 0 amide bonds. The van der Waals surface area contributed by atoms with Gasteiger partial charge in [0.05, 0.1) is 5.69 Å². The molecule has 0 fully saturated rings. The van der Waals surface area contributed by atoms with Crippen molar-refractivity contribution in [1.29, 1.82) is 0 Å². The van der Waals surface area contributed by atoms with Crippen LogP contribution in [0.4, 0.5) is 14.5 Å². The van der Waals surface area contributed by atoms with E-state index in [1.807, 2.05) is 0 Å². The largest absolute Gasteiger partial charge is 0.433 e. The maximum atomic E-state index is 12.1. The lowest BCUT2D eigenvalue weighted by Gasteiger charge is -2.11. The van der Waals surface area contributed by atoms with Crippen molar-refractivity contribution in [3.63, 3.8) is 0 Å². The number of para-hydroxylation sites is 2. The third-order valence-electron chi connectivity index (χ3n) is 1.92. The van der Waals surface area contributed by atoms with Crippen molar-refractivity contribution >= 4 is 5.69 Å². The molecule has 0 unspecified atom stereocenters. The van der Waals surface area contributed by atoms with Gasteiger partial charge in [0, 0.05) is 13.0 Å². The highest BCUT2D eigenvalue weighted by Gasteiger charge is 2.07. The van der Waals surface area contributed by atoms with Crippen LogP contribution in [0.5, 0.6) is 5.75 Å². The topological polar surface area (TPSA) is 21.3 Å². The molecule has 16 heavy (non-hydrogen) atoms. The van der Waals surface area contributed by atoms with Crippen molar-refractivity contribution in [1.82, 2.24) is 0 Å². The van der Waals surface area contributed by atoms with Crippen LogP contribution in [0.15, 0.2) is 24.3 Å². The first kappa shape index (κ1) is 12.3. The number of unbranched alkanes of at least 4 members (excludes halogenated alkanes) is 1. The van der Waals surface area contributed by atoms with Gasteiger partial charge in [-0.05, 0) is 18.6 Å². The molecule has 0 aromatic heterocycles. The molecule has 2 nitrogen and oxygen atoms in total. The summed E-state index contributed by atoms with van der Waals surface area (Å²) in [5, 5.41) is 3.00. The van der Waals surface area contributed by atoms with E-state index >= 15 is 0 Å². The number of hydrogen-bond acceptors (Lipinski definition) is 2. The van der Waals surface area contributed by atoms with Crippen molar-refractivity contribution in [2.75, 3.05) is 11.9 Å². The molecule has 0 atom stereocenters. The minimum absolute atomic E-state index is 0.151. The molecular formula is C12H13F2NO. The molecule has 1 aromatic carbocycles. The summed E-state index contributed by atoms with van der Waals surface area (Å²) in [6.07, 6.45) is 6.55. The highest BCUT2D eigenvalue weighted by molar-refractivity contribution is 5.56. The Hall–Kier alpha value is -1.76. The molecule has 0 heterocycles. The van der Waals surface area contributed by atoms with Gasteiger partial charge in [0.15, 0.2) is 0 Å². The van der Waals surface area contributed by atoms with Gasteiger partial charge in [0.25, 0.3) is 0 Å². The standard InChI is InChI=1S/C12H13F2NO/c1-2-3-6-9-15-10-7-4-5-8-11(10)16-12(13)14/h1,4-5,7-8,12,15H,3,6,9H2. The number of benzene rings is 1. The molecule has 0 spiro atoms. The maximum absolute atomic E-state index is 12.1. The Morgan fingerprint density at radius 3 is 2.81 bits per heavy atom. The molecule has 0 saturated heterocycles. The van der Waals surface area contributed by atoms with Crippen LogP contribution in [0.25, 0.3) is 0 Å². The van der Waals surface area contributed by atoms with Gasteiger partial charge in [-0.3, -0.25) is 0 Å². The molecular weight excluding hydrogens is 212 g/mol. The molecule has 0 aliphatic carbocycles. The van der Waals surface area contributed by atoms with Gasteiger partial charge in [-0.2, -0.15) is 8.78 Å². The van der Waals surface area contributed by atoms with Crippen molar-refractivity contribution in [3.8, 4) is 18.1 Å². The molecule has 0 radical (unpaired) electrons. The van der Waals surface area contributed by atoms with Crippen LogP contribution in [0.3, 0.4) is 0 Å². The number of hydrogen-bond donors (Lipinski definition) is 1. The maximum Gasteiger partial charge on any atom is 0.387 e. The normalized spacial score (nSPS) is 9.88. The Bertz CT molecular complexity index is 360. The zero-order valence-electron chi connectivity index (χ0n) is 8.75. The van der Waals surface area contributed by atoms with Gasteiger partial charge in [-0.1, -0.05) is 12.1 Å². The van der Waals surface area contributed by atoms with E-state index < -0.39 is 6.61 Å². The van der Waals surface area contributed by atoms with E-state index in [1.165, 1.54) is 6.07 Å². The second kappa shape index (κ2) is 6.67. The molecule has 4 heteroatoms. The van der Waals surface area contributed by atoms with E-state index in [1.54, 1.807) is 18.2 Å². The molecule has 0 bridgehead atoms. The second-order valence-corrected chi connectivity index (χ2v) is 3.11. The van der Waals surface area contributed by atoms with Crippen LogP contribution in [-0.2, 0) is 0 Å². The molecule has 1 aromatic rings.